The molecule has 0 aromatic rings. The van der Waals surface area contributed by atoms with Gasteiger partial charge < -0.3 is 4.89 Å². The Morgan fingerprint density at radius 1 is 0.762 bits per heavy atom. The van der Waals surface area contributed by atoms with E-state index in [-0.39, 0.29) is 13.2 Å². The van der Waals surface area contributed by atoms with Crippen molar-refractivity contribution in [1.82, 2.24) is 0 Å². The van der Waals surface area contributed by atoms with Crippen molar-refractivity contribution in [3.8, 4) is 0 Å². The fourth-order valence-corrected chi connectivity index (χ4v) is 5.59. The predicted molar refractivity (Wildman–Crippen MR) is 78.4 cm³/mol. The first-order valence-electron chi connectivity index (χ1n) is 7.40. The van der Waals surface area contributed by atoms with Crippen molar-refractivity contribution in [2.45, 2.75) is 46.3 Å². The van der Waals surface area contributed by atoms with Crippen molar-refractivity contribution in [2.75, 3.05) is 33.0 Å². The first-order valence-corrected chi connectivity index (χ1v) is 11.9. The van der Waals surface area contributed by atoms with Gasteiger partial charge in [-0.1, -0.05) is 0 Å². The molecule has 0 aromatic carbocycles. The van der Waals surface area contributed by atoms with E-state index in [0.29, 0.717) is 19.8 Å². The second kappa shape index (κ2) is 14.3. The Morgan fingerprint density at radius 3 is 1.29 bits per heavy atom. The van der Waals surface area contributed by atoms with Gasteiger partial charge in [-0.05, 0) is 13.8 Å². The molecule has 0 amide bonds. The van der Waals surface area contributed by atoms with Crippen molar-refractivity contribution in [3.05, 3.63) is 0 Å². The molecule has 0 radical (unpaired) electrons. The summed E-state index contributed by atoms with van der Waals surface area (Å²) in [7, 11) is -3.69. The number of phosphoric acid groups is 1. The van der Waals surface area contributed by atoms with Gasteiger partial charge in [0, 0.05) is 0 Å². The van der Waals surface area contributed by atoms with Gasteiger partial charge in [0.05, 0.1) is 13.2 Å². The molecule has 0 bridgehead atoms. The second-order valence-electron chi connectivity index (χ2n) is 3.64. The molecule has 7 nitrogen and oxygen atoms in total. The molecular weight excluding hydrogens is 335 g/mol. The quantitative estimate of drug-likeness (QED) is 0.442. The fourth-order valence-electron chi connectivity index (χ4n) is 1.45. The Bertz CT molecular complexity index is 251. The van der Waals surface area contributed by atoms with E-state index in [2.05, 4.69) is 16.0 Å². The second-order valence-corrected chi connectivity index (χ2v) is 9.68. The fraction of sp³-hybridized carbons (Fsp3) is 1.00. The Balaban J connectivity index is 0. The summed E-state index contributed by atoms with van der Waals surface area (Å²) in [4.78, 5) is 8.63. The molecule has 21 heavy (non-hydrogen) atoms. The molecule has 0 aliphatic heterocycles. The van der Waals surface area contributed by atoms with Gasteiger partial charge in [-0.25, -0.2) is 4.57 Å². The summed E-state index contributed by atoms with van der Waals surface area (Å²) in [6.07, 6.45) is 0. The van der Waals surface area contributed by atoms with Crippen LogP contribution in [0.15, 0.2) is 0 Å². The van der Waals surface area contributed by atoms with Crippen LogP contribution in [0.3, 0.4) is 0 Å². The molecule has 0 saturated carbocycles. The Labute approximate surface area is 133 Å². The van der Waals surface area contributed by atoms with E-state index >= 15 is 0 Å². The first-order chi connectivity index (χ1) is 9.86. The monoisotopic (exact) mass is 366 g/mol. The van der Waals surface area contributed by atoms with Gasteiger partial charge in [-0.3, -0.25) is 9.05 Å². The summed E-state index contributed by atoms with van der Waals surface area (Å²) >= 11 is -2.78. The molecule has 0 atom stereocenters. The Hall–Kier alpha value is 0.704. The van der Waals surface area contributed by atoms with Crippen LogP contribution in [0.1, 0.15) is 41.5 Å². The van der Waals surface area contributed by atoms with Gasteiger partial charge in [-0.15, -0.1) is 0 Å². The molecule has 0 heterocycles. The molecule has 0 unspecified atom stereocenters. The van der Waals surface area contributed by atoms with Crippen LogP contribution in [0.5, 0.6) is 0 Å². The minimum atomic E-state index is -3.69. The number of hydrogen-bond acceptors (Lipinski definition) is 6. The molecule has 9 heteroatoms. The van der Waals surface area contributed by atoms with E-state index < -0.39 is 25.6 Å². The molecular formula is C12H31O7PTi. The summed E-state index contributed by atoms with van der Waals surface area (Å²) in [6, 6.07) is 0. The Morgan fingerprint density at radius 2 is 1.10 bits per heavy atom. The topological polar surface area (TPSA) is 83.5 Å². The first kappa shape index (κ1) is 24.0. The molecule has 130 valence electrons. The van der Waals surface area contributed by atoms with E-state index in [1.165, 1.54) is 0 Å². The van der Waals surface area contributed by atoms with Gasteiger partial charge in [0.2, 0.25) is 0 Å². The number of phosphoric ester groups is 1. The number of rotatable bonds is 11. The average molecular weight is 366 g/mol. The van der Waals surface area contributed by atoms with E-state index in [0.717, 1.165) is 4.73 Å². The molecule has 0 aliphatic carbocycles. The summed E-state index contributed by atoms with van der Waals surface area (Å²) in [5.74, 6) is 0. The maximum atomic E-state index is 10.5. The van der Waals surface area contributed by atoms with E-state index in [1.807, 2.05) is 20.8 Å². The molecule has 1 N–H and O–H groups in total. The van der Waals surface area contributed by atoms with Gasteiger partial charge in [0.1, 0.15) is 0 Å². The summed E-state index contributed by atoms with van der Waals surface area (Å²) < 4.78 is 36.9. The van der Waals surface area contributed by atoms with Crippen LogP contribution in [-0.2, 0) is 41.3 Å². The van der Waals surface area contributed by atoms with Crippen LogP contribution in [0.4, 0.5) is 0 Å². The van der Waals surface area contributed by atoms with Gasteiger partial charge >= 0.3 is 87.8 Å². The number of hydrogen-bond donors (Lipinski definition) is 1. The van der Waals surface area contributed by atoms with Crippen LogP contribution >= 0.6 is 7.82 Å². The minimum absolute atomic E-state index is 0.188. The SMILES string of the molecule is CCOP(=O)(O)OCC.CC[O][Ti]([CH2]C)([O]CC)[O]CC. The van der Waals surface area contributed by atoms with Crippen molar-refractivity contribution in [2.24, 2.45) is 0 Å². The van der Waals surface area contributed by atoms with Crippen LogP contribution in [0.2, 0.25) is 4.73 Å². The van der Waals surface area contributed by atoms with Gasteiger partial charge in [-0.2, -0.15) is 0 Å². The van der Waals surface area contributed by atoms with Gasteiger partial charge in [0.25, 0.3) is 0 Å². The summed E-state index contributed by atoms with van der Waals surface area (Å²) in [5.41, 5.74) is 0. The third kappa shape index (κ3) is 12.9. The Kier molecular flexibility index (Phi) is 16.3. The molecule has 0 fully saturated rings. The van der Waals surface area contributed by atoms with Crippen LogP contribution < -0.4 is 0 Å². The molecule has 0 aliphatic rings. The van der Waals surface area contributed by atoms with Crippen molar-refractivity contribution in [3.63, 3.8) is 0 Å². The zero-order valence-electron chi connectivity index (χ0n) is 14.1. The van der Waals surface area contributed by atoms with Crippen molar-refractivity contribution >= 4 is 7.82 Å². The van der Waals surface area contributed by atoms with Gasteiger partial charge in [0.15, 0.2) is 0 Å². The van der Waals surface area contributed by atoms with E-state index in [9.17, 15) is 4.57 Å². The van der Waals surface area contributed by atoms with Crippen LogP contribution in [0.25, 0.3) is 0 Å². The average Bonchev–Trinajstić information content (AvgIpc) is 2.40. The van der Waals surface area contributed by atoms with E-state index in [1.54, 1.807) is 13.8 Å². The zero-order valence-corrected chi connectivity index (χ0v) is 16.5. The maximum absolute atomic E-state index is 10.5. The molecule has 0 aromatic heterocycles. The third-order valence-corrected chi connectivity index (χ3v) is 8.04. The summed E-state index contributed by atoms with van der Waals surface area (Å²) in [6.45, 7) is 13.7. The zero-order chi connectivity index (χ0) is 16.8. The standard InChI is InChI=1S/C4H11O4P.3C2H5O.C2H5.Ti/c1-3-7-9(5,6)8-4-2;3*1-2-3;1-2;/h3-4H2,1-2H3,(H,5,6);3*2H2,1H3;1H2,2H3;/q;3*-1;;+3. The molecule has 0 spiro atoms. The van der Waals surface area contributed by atoms with Crippen molar-refractivity contribution in [1.29, 1.82) is 0 Å². The molecule has 0 saturated heterocycles. The molecule has 0 rings (SSSR count). The summed E-state index contributed by atoms with van der Waals surface area (Å²) in [5, 5.41) is 0. The van der Waals surface area contributed by atoms with Crippen LogP contribution in [-0.4, -0.2) is 37.9 Å². The predicted octanol–water partition coefficient (Wildman–Crippen LogP) is 3.59. The van der Waals surface area contributed by atoms with Crippen LogP contribution in [0, 0.1) is 0 Å². The third-order valence-electron chi connectivity index (χ3n) is 2.11. The van der Waals surface area contributed by atoms with Crippen molar-refractivity contribution < 1.29 is 46.2 Å². The normalized spacial score (nSPS) is 12.0. The van der Waals surface area contributed by atoms with E-state index in [4.69, 9.17) is 14.8 Å².